The molecule has 0 bridgehead atoms. The molecule has 0 saturated heterocycles. The Bertz CT molecular complexity index is 743. The molecule has 1 aliphatic heterocycles. The third kappa shape index (κ3) is 3.86. The number of fused-ring (bicyclic) bond motifs is 1. The van der Waals surface area contributed by atoms with E-state index in [-0.39, 0.29) is 13.3 Å². The second kappa shape index (κ2) is 6.93. The molecule has 1 aromatic carbocycles. The lowest BCUT2D eigenvalue weighted by molar-refractivity contribution is -0.139. The minimum absolute atomic E-state index is 0.190. The Morgan fingerprint density at radius 2 is 2.09 bits per heavy atom. The van der Waals surface area contributed by atoms with Crippen LogP contribution in [0.15, 0.2) is 40.8 Å². The van der Waals surface area contributed by atoms with E-state index in [1.54, 1.807) is 18.2 Å². The van der Waals surface area contributed by atoms with Crippen molar-refractivity contribution in [2.45, 2.75) is 6.54 Å². The fourth-order valence-corrected chi connectivity index (χ4v) is 2.47. The van der Waals surface area contributed by atoms with Crippen LogP contribution in [0.2, 0.25) is 0 Å². The minimum atomic E-state index is -0.821. The monoisotopic (exact) mass is 331 g/mol. The summed E-state index contributed by atoms with van der Waals surface area (Å²) < 4.78 is 10.5. The van der Waals surface area contributed by atoms with E-state index in [2.05, 4.69) is 15.8 Å². The van der Waals surface area contributed by atoms with E-state index >= 15 is 0 Å². The molecule has 118 valence electrons. The molecule has 2 N–H and O–H groups in total. The smallest absolute Gasteiger partial charge is 0.329 e. The van der Waals surface area contributed by atoms with E-state index in [1.807, 2.05) is 17.5 Å². The van der Waals surface area contributed by atoms with Crippen LogP contribution in [0.1, 0.15) is 10.4 Å². The molecule has 0 radical (unpaired) electrons. The Morgan fingerprint density at radius 1 is 1.22 bits per heavy atom. The normalized spacial score (nSPS) is 12.3. The molecule has 2 heterocycles. The van der Waals surface area contributed by atoms with Gasteiger partial charge in [0.25, 0.3) is 0 Å². The van der Waals surface area contributed by atoms with Crippen LogP contribution >= 0.6 is 11.3 Å². The summed E-state index contributed by atoms with van der Waals surface area (Å²) in [4.78, 5) is 24.2. The Hall–Kier alpha value is -2.87. The highest BCUT2D eigenvalue weighted by molar-refractivity contribution is 7.11. The molecule has 2 amide bonds. The number of benzene rings is 1. The van der Waals surface area contributed by atoms with Crippen LogP contribution < -0.4 is 20.2 Å². The number of hydrazone groups is 1. The number of hydrogen-bond acceptors (Lipinski definition) is 6. The van der Waals surface area contributed by atoms with Crippen LogP contribution in [0, 0.1) is 0 Å². The largest absolute Gasteiger partial charge is 0.454 e. The summed E-state index contributed by atoms with van der Waals surface area (Å²) in [6.45, 7) is 0.396. The van der Waals surface area contributed by atoms with Gasteiger partial charge in [0.1, 0.15) is 0 Å². The highest BCUT2D eigenvalue weighted by Crippen LogP contribution is 2.32. The van der Waals surface area contributed by atoms with Crippen LogP contribution in [0.3, 0.4) is 0 Å². The Kier molecular flexibility index (Phi) is 4.53. The fraction of sp³-hybridized carbons (Fsp3) is 0.133. The molecule has 7 nitrogen and oxygen atoms in total. The summed E-state index contributed by atoms with van der Waals surface area (Å²) in [5, 5.41) is 8.13. The van der Waals surface area contributed by atoms with Crippen LogP contribution in [-0.2, 0) is 16.1 Å². The number of rotatable bonds is 4. The van der Waals surface area contributed by atoms with Gasteiger partial charge in [-0.15, -0.1) is 11.3 Å². The van der Waals surface area contributed by atoms with Crippen molar-refractivity contribution in [1.29, 1.82) is 0 Å². The Balaban J connectivity index is 1.48. The van der Waals surface area contributed by atoms with Crippen molar-refractivity contribution in [2.75, 3.05) is 6.79 Å². The quantitative estimate of drug-likeness (QED) is 0.501. The zero-order chi connectivity index (χ0) is 16.1. The second-order valence-electron chi connectivity index (χ2n) is 4.58. The predicted molar refractivity (Wildman–Crippen MR) is 84.5 cm³/mol. The Labute approximate surface area is 135 Å². The third-order valence-corrected chi connectivity index (χ3v) is 3.80. The van der Waals surface area contributed by atoms with Gasteiger partial charge in [-0.2, -0.15) is 5.10 Å². The van der Waals surface area contributed by atoms with Gasteiger partial charge in [0.2, 0.25) is 6.79 Å². The number of carbonyl (C=O) groups excluding carboxylic acids is 2. The van der Waals surface area contributed by atoms with E-state index < -0.39 is 11.8 Å². The van der Waals surface area contributed by atoms with Crippen molar-refractivity contribution in [3.63, 3.8) is 0 Å². The number of ether oxygens (including phenoxy) is 2. The lowest BCUT2D eigenvalue weighted by atomic mass is 10.2. The summed E-state index contributed by atoms with van der Waals surface area (Å²) in [6.07, 6.45) is 1.48. The number of nitrogens with one attached hydrogen (secondary N) is 2. The summed E-state index contributed by atoms with van der Waals surface area (Å²) >= 11 is 1.48. The summed E-state index contributed by atoms with van der Waals surface area (Å²) in [5.74, 6) is -0.285. The van der Waals surface area contributed by atoms with Gasteiger partial charge in [-0.3, -0.25) is 9.59 Å². The van der Waals surface area contributed by atoms with Crippen molar-refractivity contribution < 1.29 is 19.1 Å². The molecule has 8 heteroatoms. The number of carbonyl (C=O) groups is 2. The first-order chi connectivity index (χ1) is 11.2. The second-order valence-corrected chi connectivity index (χ2v) is 5.56. The lowest BCUT2D eigenvalue weighted by Crippen LogP contribution is -2.37. The van der Waals surface area contributed by atoms with E-state index in [1.165, 1.54) is 17.6 Å². The highest BCUT2D eigenvalue weighted by atomic mass is 32.1. The van der Waals surface area contributed by atoms with Crippen molar-refractivity contribution in [1.82, 2.24) is 10.7 Å². The molecule has 1 aliphatic rings. The molecule has 23 heavy (non-hydrogen) atoms. The average molecular weight is 331 g/mol. The van der Waals surface area contributed by atoms with Crippen LogP contribution in [0.25, 0.3) is 0 Å². The number of hydrogen-bond donors (Lipinski definition) is 2. The number of nitrogens with zero attached hydrogens (tertiary/aromatic N) is 1. The molecule has 0 aliphatic carbocycles. The highest BCUT2D eigenvalue weighted by Gasteiger charge is 2.15. The van der Waals surface area contributed by atoms with Crippen molar-refractivity contribution >= 4 is 29.4 Å². The first-order valence-corrected chi connectivity index (χ1v) is 7.63. The lowest BCUT2D eigenvalue weighted by Gasteiger charge is -2.05. The number of amides is 2. The fourth-order valence-electron chi connectivity index (χ4n) is 1.88. The zero-order valence-corrected chi connectivity index (χ0v) is 12.8. The molecule has 0 spiro atoms. The van der Waals surface area contributed by atoms with Crippen molar-refractivity contribution in [2.24, 2.45) is 5.10 Å². The van der Waals surface area contributed by atoms with E-state index in [9.17, 15) is 9.59 Å². The van der Waals surface area contributed by atoms with Gasteiger partial charge in [-0.25, -0.2) is 5.43 Å². The maximum atomic E-state index is 11.7. The standard InChI is InChI=1S/C15H13N3O4S/c19-14(15(20)18-17-8-11-2-1-5-23-11)16-7-10-3-4-12-13(6-10)22-9-21-12/h1-6,8H,7,9H2,(H,16,19)(H,18,20)/b17-8-. The van der Waals surface area contributed by atoms with Gasteiger partial charge < -0.3 is 14.8 Å². The summed E-state index contributed by atoms with van der Waals surface area (Å²) in [5.41, 5.74) is 2.98. The zero-order valence-electron chi connectivity index (χ0n) is 11.9. The molecule has 0 atom stereocenters. The van der Waals surface area contributed by atoms with Gasteiger partial charge in [0.05, 0.1) is 6.21 Å². The predicted octanol–water partition coefficient (Wildman–Crippen LogP) is 1.24. The van der Waals surface area contributed by atoms with Crippen molar-refractivity contribution in [3.05, 3.63) is 46.2 Å². The minimum Gasteiger partial charge on any atom is -0.454 e. The first-order valence-electron chi connectivity index (χ1n) is 6.75. The van der Waals surface area contributed by atoms with Crippen LogP contribution in [-0.4, -0.2) is 24.8 Å². The van der Waals surface area contributed by atoms with Gasteiger partial charge in [-0.1, -0.05) is 12.1 Å². The maximum Gasteiger partial charge on any atom is 0.329 e. The van der Waals surface area contributed by atoms with Gasteiger partial charge in [0, 0.05) is 11.4 Å². The van der Waals surface area contributed by atoms with Gasteiger partial charge >= 0.3 is 11.8 Å². The summed E-state index contributed by atoms with van der Waals surface area (Å²) in [7, 11) is 0. The number of thiophene rings is 1. The first kappa shape index (κ1) is 15.0. The topological polar surface area (TPSA) is 89.0 Å². The molecule has 0 saturated carbocycles. The van der Waals surface area contributed by atoms with E-state index in [0.29, 0.717) is 11.5 Å². The van der Waals surface area contributed by atoms with Crippen molar-refractivity contribution in [3.8, 4) is 11.5 Å². The van der Waals surface area contributed by atoms with Crippen LogP contribution in [0.5, 0.6) is 11.5 Å². The molecule has 1 aromatic heterocycles. The molecule has 0 fully saturated rings. The van der Waals surface area contributed by atoms with E-state index in [0.717, 1.165) is 10.4 Å². The third-order valence-electron chi connectivity index (χ3n) is 3.00. The molecular weight excluding hydrogens is 318 g/mol. The maximum absolute atomic E-state index is 11.7. The Morgan fingerprint density at radius 3 is 2.91 bits per heavy atom. The van der Waals surface area contributed by atoms with E-state index in [4.69, 9.17) is 9.47 Å². The average Bonchev–Trinajstić information content (AvgIpc) is 3.23. The van der Waals surface area contributed by atoms with Gasteiger partial charge in [0.15, 0.2) is 11.5 Å². The summed E-state index contributed by atoms with van der Waals surface area (Å²) in [6, 6.07) is 9.03. The molecular formula is C15H13N3O4S. The SMILES string of the molecule is O=C(NCc1ccc2c(c1)OCO2)C(=O)N/N=C\c1cccs1. The van der Waals surface area contributed by atoms with Crippen LogP contribution in [0.4, 0.5) is 0 Å². The molecule has 2 aromatic rings. The molecule has 0 unspecified atom stereocenters. The molecule has 3 rings (SSSR count). The van der Waals surface area contributed by atoms with Gasteiger partial charge in [-0.05, 0) is 29.1 Å².